The predicted molar refractivity (Wildman–Crippen MR) is 94.0 cm³/mol. The standard InChI is InChI=1S/C17H18ClF3N4O/c1-10-7-15(25-16(23-10)22-9-12-3-2-6-26-12)24-14-5-4-11(18)8-13(14)17(19,20)21/h4-5,7-8,12H,2-3,6,9H2,1H3,(H2,22,23,24,25). The summed E-state index contributed by atoms with van der Waals surface area (Å²) in [4.78, 5) is 8.51. The molecule has 26 heavy (non-hydrogen) atoms. The minimum atomic E-state index is -4.53. The van der Waals surface area contributed by atoms with Crippen molar-refractivity contribution in [1.82, 2.24) is 9.97 Å². The van der Waals surface area contributed by atoms with E-state index in [4.69, 9.17) is 16.3 Å². The largest absolute Gasteiger partial charge is 0.418 e. The molecule has 2 N–H and O–H groups in total. The smallest absolute Gasteiger partial charge is 0.376 e. The van der Waals surface area contributed by atoms with Crippen molar-refractivity contribution in [3.8, 4) is 0 Å². The van der Waals surface area contributed by atoms with Crippen LogP contribution in [0.4, 0.5) is 30.6 Å². The molecule has 2 aromatic rings. The molecule has 1 aliphatic rings. The summed E-state index contributed by atoms with van der Waals surface area (Å²) in [5, 5.41) is 5.81. The highest BCUT2D eigenvalue weighted by Gasteiger charge is 2.34. The summed E-state index contributed by atoms with van der Waals surface area (Å²) >= 11 is 5.70. The molecule has 9 heteroatoms. The Balaban J connectivity index is 1.79. The molecule has 1 atom stereocenters. The zero-order chi connectivity index (χ0) is 18.7. The molecule has 140 valence electrons. The number of nitrogens with zero attached hydrogens (tertiary/aromatic N) is 2. The van der Waals surface area contributed by atoms with Gasteiger partial charge < -0.3 is 15.4 Å². The second-order valence-corrected chi connectivity index (χ2v) is 6.48. The predicted octanol–water partition coefficient (Wildman–Crippen LogP) is 4.79. The van der Waals surface area contributed by atoms with Crippen LogP contribution in [0.5, 0.6) is 0 Å². The van der Waals surface area contributed by atoms with Crippen molar-refractivity contribution in [2.75, 3.05) is 23.8 Å². The van der Waals surface area contributed by atoms with Gasteiger partial charge in [-0.05, 0) is 38.0 Å². The van der Waals surface area contributed by atoms with E-state index in [1.165, 1.54) is 12.1 Å². The molecule has 5 nitrogen and oxygen atoms in total. The fourth-order valence-electron chi connectivity index (χ4n) is 2.72. The van der Waals surface area contributed by atoms with Gasteiger partial charge in [0.2, 0.25) is 5.95 Å². The highest BCUT2D eigenvalue weighted by Crippen LogP contribution is 2.37. The maximum Gasteiger partial charge on any atom is 0.418 e. The number of hydrogen-bond donors (Lipinski definition) is 2. The van der Waals surface area contributed by atoms with Gasteiger partial charge >= 0.3 is 6.18 Å². The maximum atomic E-state index is 13.2. The van der Waals surface area contributed by atoms with Crippen LogP contribution in [0.1, 0.15) is 24.1 Å². The Morgan fingerprint density at radius 3 is 2.77 bits per heavy atom. The Hall–Kier alpha value is -2.06. The SMILES string of the molecule is Cc1cc(Nc2ccc(Cl)cc2C(F)(F)F)nc(NCC2CCCO2)n1. The van der Waals surface area contributed by atoms with Crippen LogP contribution in [0, 0.1) is 6.92 Å². The van der Waals surface area contributed by atoms with Crippen LogP contribution >= 0.6 is 11.6 Å². The van der Waals surface area contributed by atoms with Crippen LogP contribution in [0.25, 0.3) is 0 Å². The molecule has 0 amide bonds. The third-order valence-corrected chi connectivity index (χ3v) is 4.15. The molecule has 1 saturated heterocycles. The average Bonchev–Trinajstić information content (AvgIpc) is 3.07. The number of aryl methyl sites for hydroxylation is 1. The lowest BCUT2D eigenvalue weighted by Crippen LogP contribution is -2.20. The fourth-order valence-corrected chi connectivity index (χ4v) is 2.89. The van der Waals surface area contributed by atoms with E-state index in [1.54, 1.807) is 13.0 Å². The number of nitrogens with one attached hydrogen (secondary N) is 2. The molecular formula is C17H18ClF3N4O. The number of anilines is 3. The Morgan fingerprint density at radius 1 is 1.27 bits per heavy atom. The molecule has 1 aromatic heterocycles. The Kier molecular flexibility index (Phi) is 5.52. The normalized spacial score (nSPS) is 17.3. The van der Waals surface area contributed by atoms with Crippen molar-refractivity contribution < 1.29 is 17.9 Å². The van der Waals surface area contributed by atoms with Gasteiger partial charge in [0, 0.05) is 29.9 Å². The van der Waals surface area contributed by atoms with Crippen molar-refractivity contribution in [3.05, 3.63) is 40.5 Å². The molecule has 0 radical (unpaired) electrons. The first kappa shape index (κ1) is 18.7. The molecule has 1 fully saturated rings. The summed E-state index contributed by atoms with van der Waals surface area (Å²) < 4.78 is 45.2. The molecule has 1 aromatic carbocycles. The number of rotatable bonds is 5. The number of alkyl halides is 3. The third-order valence-electron chi connectivity index (χ3n) is 3.92. The second kappa shape index (κ2) is 7.67. The number of halogens is 4. The Bertz CT molecular complexity index is 779. The number of hydrogen-bond acceptors (Lipinski definition) is 5. The fraction of sp³-hybridized carbons (Fsp3) is 0.412. The van der Waals surface area contributed by atoms with Crippen molar-refractivity contribution >= 4 is 29.1 Å². The summed E-state index contributed by atoms with van der Waals surface area (Å²) in [6.45, 7) is 3.04. The first-order valence-electron chi connectivity index (χ1n) is 8.16. The van der Waals surface area contributed by atoms with Crippen LogP contribution in [0.3, 0.4) is 0 Å². The van der Waals surface area contributed by atoms with E-state index >= 15 is 0 Å². The minimum absolute atomic E-state index is 0.0145. The second-order valence-electron chi connectivity index (χ2n) is 6.05. The van der Waals surface area contributed by atoms with E-state index in [0.717, 1.165) is 25.5 Å². The first-order chi connectivity index (χ1) is 12.3. The zero-order valence-corrected chi connectivity index (χ0v) is 14.8. The van der Waals surface area contributed by atoms with Gasteiger partial charge in [-0.25, -0.2) is 4.98 Å². The van der Waals surface area contributed by atoms with Gasteiger partial charge in [-0.1, -0.05) is 11.6 Å². The summed E-state index contributed by atoms with van der Waals surface area (Å²) in [7, 11) is 0. The summed E-state index contributed by atoms with van der Waals surface area (Å²) in [5.41, 5.74) is -0.347. The third kappa shape index (κ3) is 4.76. The van der Waals surface area contributed by atoms with Gasteiger partial charge in [-0.15, -0.1) is 0 Å². The molecule has 0 aliphatic carbocycles. The molecule has 0 saturated carbocycles. The van der Waals surface area contributed by atoms with Gasteiger partial charge in [0.05, 0.1) is 17.4 Å². The maximum absolute atomic E-state index is 13.2. The van der Waals surface area contributed by atoms with Crippen LogP contribution < -0.4 is 10.6 Å². The average molecular weight is 387 g/mol. The zero-order valence-electron chi connectivity index (χ0n) is 14.0. The molecule has 0 spiro atoms. The number of ether oxygens (including phenoxy) is 1. The summed E-state index contributed by atoms with van der Waals surface area (Å²) in [5.74, 6) is 0.602. The lowest BCUT2D eigenvalue weighted by atomic mass is 10.1. The van der Waals surface area contributed by atoms with E-state index in [1.807, 2.05) is 0 Å². The lowest BCUT2D eigenvalue weighted by Gasteiger charge is -2.16. The van der Waals surface area contributed by atoms with Crippen molar-refractivity contribution in [2.45, 2.75) is 32.0 Å². The van der Waals surface area contributed by atoms with Crippen molar-refractivity contribution in [2.24, 2.45) is 0 Å². The van der Waals surface area contributed by atoms with Gasteiger partial charge in [0.25, 0.3) is 0 Å². The molecular weight excluding hydrogens is 369 g/mol. The minimum Gasteiger partial charge on any atom is -0.376 e. The van der Waals surface area contributed by atoms with Crippen LogP contribution in [0.15, 0.2) is 24.3 Å². The topological polar surface area (TPSA) is 59.1 Å². The molecule has 3 rings (SSSR count). The lowest BCUT2D eigenvalue weighted by molar-refractivity contribution is -0.136. The first-order valence-corrected chi connectivity index (χ1v) is 8.54. The van der Waals surface area contributed by atoms with E-state index in [2.05, 4.69) is 20.6 Å². The quantitative estimate of drug-likeness (QED) is 0.773. The molecule has 0 bridgehead atoms. The van der Waals surface area contributed by atoms with Crippen molar-refractivity contribution in [1.29, 1.82) is 0 Å². The van der Waals surface area contributed by atoms with Gasteiger partial charge in [0.15, 0.2) is 0 Å². The van der Waals surface area contributed by atoms with Crippen molar-refractivity contribution in [3.63, 3.8) is 0 Å². The van der Waals surface area contributed by atoms with E-state index < -0.39 is 11.7 Å². The monoisotopic (exact) mass is 386 g/mol. The molecule has 2 heterocycles. The van der Waals surface area contributed by atoms with E-state index in [-0.39, 0.29) is 22.6 Å². The molecule has 1 unspecified atom stereocenters. The highest BCUT2D eigenvalue weighted by molar-refractivity contribution is 6.30. The van der Waals surface area contributed by atoms with Crippen LogP contribution in [0.2, 0.25) is 5.02 Å². The number of aromatic nitrogens is 2. The summed E-state index contributed by atoms with van der Waals surface area (Å²) in [6, 6.07) is 5.13. The van der Waals surface area contributed by atoms with Crippen LogP contribution in [-0.4, -0.2) is 29.2 Å². The highest BCUT2D eigenvalue weighted by atomic mass is 35.5. The van der Waals surface area contributed by atoms with E-state index in [0.29, 0.717) is 18.2 Å². The molecule has 1 aliphatic heterocycles. The van der Waals surface area contributed by atoms with Crippen LogP contribution in [-0.2, 0) is 10.9 Å². The van der Waals surface area contributed by atoms with Gasteiger partial charge in [0.1, 0.15) is 5.82 Å². The Labute approximate surface area is 153 Å². The summed E-state index contributed by atoms with van der Waals surface area (Å²) in [6.07, 6.45) is -2.45. The van der Waals surface area contributed by atoms with E-state index in [9.17, 15) is 13.2 Å². The van der Waals surface area contributed by atoms with Gasteiger partial charge in [-0.2, -0.15) is 18.2 Å². The Morgan fingerprint density at radius 2 is 2.08 bits per heavy atom. The number of benzene rings is 1. The van der Waals surface area contributed by atoms with Gasteiger partial charge in [-0.3, -0.25) is 0 Å².